The lowest BCUT2D eigenvalue weighted by atomic mass is 9.87. The number of hydrogen-bond acceptors (Lipinski definition) is 2. The van der Waals surface area contributed by atoms with E-state index in [0.717, 1.165) is 17.7 Å². The molecule has 20 heavy (non-hydrogen) atoms. The molecule has 0 aromatic heterocycles. The first-order valence-corrected chi connectivity index (χ1v) is 7.32. The molecule has 4 heteroatoms. The molecule has 2 atom stereocenters. The van der Waals surface area contributed by atoms with E-state index in [9.17, 15) is 0 Å². The molecule has 0 radical (unpaired) electrons. The van der Waals surface area contributed by atoms with Crippen LogP contribution in [-0.2, 0) is 6.42 Å². The van der Waals surface area contributed by atoms with Crippen LogP contribution in [-0.4, -0.2) is 6.61 Å². The summed E-state index contributed by atoms with van der Waals surface area (Å²) in [6.07, 6.45) is 0.889. The van der Waals surface area contributed by atoms with Crippen LogP contribution in [0.2, 0.25) is 10.0 Å². The first-order chi connectivity index (χ1) is 9.66. The maximum Gasteiger partial charge on any atom is 0.122 e. The van der Waals surface area contributed by atoms with E-state index in [1.165, 1.54) is 5.56 Å². The number of rotatable bonds is 2. The molecule has 0 aliphatic carbocycles. The predicted octanol–water partition coefficient (Wildman–Crippen LogP) is 4.24. The molecule has 0 bridgehead atoms. The minimum absolute atomic E-state index is 0.186. The van der Waals surface area contributed by atoms with Gasteiger partial charge in [-0.15, -0.1) is 0 Å². The van der Waals surface area contributed by atoms with Crippen LogP contribution < -0.4 is 10.5 Å². The Morgan fingerprint density at radius 2 is 1.90 bits per heavy atom. The fourth-order valence-corrected chi connectivity index (χ4v) is 3.05. The summed E-state index contributed by atoms with van der Waals surface area (Å²) in [5.74, 6) is 1.15. The van der Waals surface area contributed by atoms with E-state index in [4.69, 9.17) is 33.7 Å². The molecule has 0 amide bonds. The summed E-state index contributed by atoms with van der Waals surface area (Å²) in [7, 11) is 0. The standard InChI is InChI=1S/C16H15Cl2NO/c17-13-6-3-5-12(15(13)18)16(19)11-8-10-4-1-2-7-14(10)20-9-11/h1-7,11,16H,8-9,19H2. The van der Waals surface area contributed by atoms with Crippen molar-refractivity contribution in [1.82, 2.24) is 0 Å². The summed E-state index contributed by atoms with van der Waals surface area (Å²) in [6, 6.07) is 13.5. The fourth-order valence-electron chi connectivity index (χ4n) is 2.61. The topological polar surface area (TPSA) is 35.2 Å². The Bertz CT molecular complexity index is 630. The van der Waals surface area contributed by atoms with Crippen LogP contribution in [0.5, 0.6) is 5.75 Å². The van der Waals surface area contributed by atoms with Crippen molar-refractivity contribution in [3.63, 3.8) is 0 Å². The van der Waals surface area contributed by atoms with Crippen LogP contribution in [0, 0.1) is 5.92 Å². The van der Waals surface area contributed by atoms with E-state index in [1.54, 1.807) is 6.07 Å². The van der Waals surface area contributed by atoms with E-state index in [2.05, 4.69) is 6.07 Å². The Hall–Kier alpha value is -1.22. The van der Waals surface area contributed by atoms with E-state index in [1.807, 2.05) is 30.3 Å². The molecule has 2 N–H and O–H groups in total. The highest BCUT2D eigenvalue weighted by molar-refractivity contribution is 6.42. The zero-order chi connectivity index (χ0) is 14.1. The van der Waals surface area contributed by atoms with Crippen LogP contribution in [0.3, 0.4) is 0 Å². The van der Waals surface area contributed by atoms with Crippen molar-refractivity contribution < 1.29 is 4.74 Å². The summed E-state index contributed by atoms with van der Waals surface area (Å²) in [4.78, 5) is 0. The maximum atomic E-state index is 6.37. The molecule has 2 aromatic carbocycles. The van der Waals surface area contributed by atoms with Gasteiger partial charge in [0.15, 0.2) is 0 Å². The Balaban J connectivity index is 1.86. The number of benzene rings is 2. The second-order valence-corrected chi connectivity index (χ2v) is 5.84. The highest BCUT2D eigenvalue weighted by Gasteiger charge is 2.27. The summed E-state index contributed by atoms with van der Waals surface area (Å²) in [5, 5.41) is 1.08. The molecule has 2 aromatic rings. The van der Waals surface area contributed by atoms with Crippen LogP contribution in [0.4, 0.5) is 0 Å². The van der Waals surface area contributed by atoms with Gasteiger partial charge >= 0.3 is 0 Å². The molecule has 104 valence electrons. The molecule has 1 aliphatic heterocycles. The number of nitrogens with two attached hydrogens (primary N) is 1. The Labute approximate surface area is 128 Å². The molecule has 1 aliphatic rings. The van der Waals surface area contributed by atoms with Gasteiger partial charge in [-0.25, -0.2) is 0 Å². The Morgan fingerprint density at radius 3 is 2.75 bits per heavy atom. The zero-order valence-corrected chi connectivity index (χ0v) is 12.4. The van der Waals surface area contributed by atoms with Gasteiger partial charge in [0.1, 0.15) is 5.75 Å². The van der Waals surface area contributed by atoms with E-state index in [-0.39, 0.29) is 12.0 Å². The molecule has 1 heterocycles. The van der Waals surface area contributed by atoms with Gasteiger partial charge in [0.2, 0.25) is 0 Å². The predicted molar refractivity (Wildman–Crippen MR) is 82.5 cm³/mol. The Morgan fingerprint density at radius 1 is 1.10 bits per heavy atom. The van der Waals surface area contributed by atoms with Gasteiger partial charge in [-0.1, -0.05) is 53.5 Å². The third-order valence-corrected chi connectivity index (χ3v) is 4.59. The first kappa shape index (κ1) is 13.7. The van der Waals surface area contributed by atoms with Gasteiger partial charge in [0.25, 0.3) is 0 Å². The SMILES string of the molecule is NC(c1cccc(Cl)c1Cl)C1COc2ccccc2C1. The number of ether oxygens (including phenoxy) is 1. The average Bonchev–Trinajstić information content (AvgIpc) is 2.49. The largest absolute Gasteiger partial charge is 0.493 e. The summed E-state index contributed by atoms with van der Waals surface area (Å²) in [6.45, 7) is 0.598. The normalized spacial score (nSPS) is 19.1. The van der Waals surface area contributed by atoms with Gasteiger partial charge < -0.3 is 10.5 Å². The van der Waals surface area contributed by atoms with E-state index in [0.29, 0.717) is 16.7 Å². The van der Waals surface area contributed by atoms with Crippen molar-refractivity contribution in [3.8, 4) is 5.75 Å². The van der Waals surface area contributed by atoms with Gasteiger partial charge in [0, 0.05) is 12.0 Å². The summed E-state index contributed by atoms with van der Waals surface area (Å²) < 4.78 is 5.79. The van der Waals surface area contributed by atoms with Gasteiger partial charge in [-0.05, 0) is 29.7 Å². The average molecular weight is 308 g/mol. The van der Waals surface area contributed by atoms with Crippen LogP contribution in [0.25, 0.3) is 0 Å². The molecule has 0 saturated heterocycles. The fraction of sp³-hybridized carbons (Fsp3) is 0.250. The van der Waals surface area contributed by atoms with Crippen LogP contribution in [0.15, 0.2) is 42.5 Å². The molecular weight excluding hydrogens is 293 g/mol. The molecule has 3 rings (SSSR count). The monoisotopic (exact) mass is 307 g/mol. The maximum absolute atomic E-state index is 6.37. The van der Waals surface area contributed by atoms with Crippen molar-refractivity contribution in [3.05, 3.63) is 63.6 Å². The third kappa shape index (κ3) is 2.51. The molecular formula is C16H15Cl2NO. The molecule has 2 unspecified atom stereocenters. The minimum atomic E-state index is -0.186. The van der Waals surface area contributed by atoms with E-state index < -0.39 is 0 Å². The van der Waals surface area contributed by atoms with Crippen LogP contribution >= 0.6 is 23.2 Å². The van der Waals surface area contributed by atoms with Gasteiger partial charge in [-0.2, -0.15) is 0 Å². The molecule has 2 nitrogen and oxygen atoms in total. The van der Waals surface area contributed by atoms with Gasteiger partial charge in [0.05, 0.1) is 16.7 Å². The lowest BCUT2D eigenvalue weighted by Crippen LogP contribution is -2.31. The molecule has 0 spiro atoms. The Kier molecular flexibility index (Phi) is 3.88. The van der Waals surface area contributed by atoms with Gasteiger partial charge in [-0.3, -0.25) is 0 Å². The van der Waals surface area contributed by atoms with Crippen molar-refractivity contribution in [2.45, 2.75) is 12.5 Å². The first-order valence-electron chi connectivity index (χ1n) is 6.57. The van der Waals surface area contributed by atoms with E-state index >= 15 is 0 Å². The lowest BCUT2D eigenvalue weighted by molar-refractivity contribution is 0.200. The second kappa shape index (κ2) is 5.65. The number of fused-ring (bicyclic) bond motifs is 1. The second-order valence-electron chi connectivity index (χ2n) is 5.05. The third-order valence-electron chi connectivity index (χ3n) is 3.76. The minimum Gasteiger partial charge on any atom is -0.493 e. The quantitative estimate of drug-likeness (QED) is 0.900. The summed E-state index contributed by atoms with van der Waals surface area (Å²) >= 11 is 12.3. The van der Waals surface area contributed by atoms with Crippen molar-refractivity contribution in [2.24, 2.45) is 11.7 Å². The summed E-state index contributed by atoms with van der Waals surface area (Å²) in [5.41, 5.74) is 8.45. The smallest absolute Gasteiger partial charge is 0.122 e. The number of para-hydroxylation sites is 1. The van der Waals surface area contributed by atoms with Crippen molar-refractivity contribution >= 4 is 23.2 Å². The number of hydrogen-bond donors (Lipinski definition) is 1. The lowest BCUT2D eigenvalue weighted by Gasteiger charge is -2.30. The zero-order valence-electron chi connectivity index (χ0n) is 10.9. The number of halogens is 2. The highest BCUT2D eigenvalue weighted by Crippen LogP contribution is 2.36. The van der Waals surface area contributed by atoms with Crippen molar-refractivity contribution in [1.29, 1.82) is 0 Å². The molecule has 0 saturated carbocycles. The van der Waals surface area contributed by atoms with Crippen molar-refractivity contribution in [2.75, 3.05) is 6.61 Å². The molecule has 0 fully saturated rings. The van der Waals surface area contributed by atoms with Crippen LogP contribution in [0.1, 0.15) is 17.2 Å². The highest BCUT2D eigenvalue weighted by atomic mass is 35.5.